The zero-order valence-corrected chi connectivity index (χ0v) is 12.9. The summed E-state index contributed by atoms with van der Waals surface area (Å²) in [6.07, 6.45) is 10.0. The number of amides is 1. The topological polar surface area (TPSA) is 59.8 Å². The van der Waals surface area contributed by atoms with E-state index >= 15 is 0 Å². The van der Waals surface area contributed by atoms with Gasteiger partial charge in [0, 0.05) is 24.9 Å². The minimum absolute atomic E-state index is 0.233. The van der Waals surface area contributed by atoms with E-state index in [2.05, 4.69) is 27.0 Å². The van der Waals surface area contributed by atoms with Crippen molar-refractivity contribution in [2.75, 3.05) is 6.54 Å². The minimum atomic E-state index is 0.233. The van der Waals surface area contributed by atoms with Crippen LogP contribution in [0.5, 0.6) is 0 Å². The molecule has 2 saturated carbocycles. The molecule has 2 aliphatic rings. The highest BCUT2D eigenvalue weighted by molar-refractivity contribution is 5.78. The van der Waals surface area contributed by atoms with Crippen LogP contribution < -0.4 is 5.32 Å². The standard InChI is InChI=1S/C16H26N4O/c1-2-12-3-5-14(6-4-12)16(21)17-9-10-20-11-18-19-15(20)13-7-8-13/h11-14H,2-10H2,1H3,(H,17,21). The average molecular weight is 290 g/mol. The first-order valence-electron chi connectivity index (χ1n) is 8.43. The Morgan fingerprint density at radius 3 is 2.71 bits per heavy atom. The van der Waals surface area contributed by atoms with Crippen LogP contribution in [-0.2, 0) is 11.3 Å². The summed E-state index contributed by atoms with van der Waals surface area (Å²) in [5.41, 5.74) is 0. The van der Waals surface area contributed by atoms with Crippen molar-refractivity contribution in [3.63, 3.8) is 0 Å². The van der Waals surface area contributed by atoms with Crippen molar-refractivity contribution in [1.82, 2.24) is 20.1 Å². The van der Waals surface area contributed by atoms with Crippen molar-refractivity contribution in [2.45, 2.75) is 64.3 Å². The molecule has 0 aromatic carbocycles. The molecule has 0 radical (unpaired) electrons. The number of nitrogens with zero attached hydrogens (tertiary/aromatic N) is 3. The Balaban J connectivity index is 1.41. The van der Waals surface area contributed by atoms with Crippen molar-refractivity contribution in [1.29, 1.82) is 0 Å². The number of aromatic nitrogens is 3. The molecule has 0 bridgehead atoms. The summed E-state index contributed by atoms with van der Waals surface area (Å²) in [5, 5.41) is 11.3. The lowest BCUT2D eigenvalue weighted by Crippen LogP contribution is -2.35. The first-order chi connectivity index (χ1) is 10.3. The van der Waals surface area contributed by atoms with Gasteiger partial charge in [-0.1, -0.05) is 13.3 Å². The Labute approximate surface area is 126 Å². The van der Waals surface area contributed by atoms with E-state index in [1.807, 2.05) is 0 Å². The van der Waals surface area contributed by atoms with E-state index in [9.17, 15) is 4.79 Å². The molecule has 2 fully saturated rings. The fourth-order valence-electron chi connectivity index (χ4n) is 3.37. The summed E-state index contributed by atoms with van der Waals surface area (Å²) >= 11 is 0. The molecule has 0 atom stereocenters. The summed E-state index contributed by atoms with van der Waals surface area (Å²) in [5.74, 6) is 3.01. The van der Waals surface area contributed by atoms with Gasteiger partial charge in [0.2, 0.25) is 5.91 Å². The monoisotopic (exact) mass is 290 g/mol. The van der Waals surface area contributed by atoms with Gasteiger partial charge in [0.05, 0.1) is 0 Å². The number of rotatable bonds is 6. The van der Waals surface area contributed by atoms with Crippen LogP contribution in [0, 0.1) is 11.8 Å². The highest BCUT2D eigenvalue weighted by Crippen LogP contribution is 2.38. The first kappa shape index (κ1) is 14.5. The Hall–Kier alpha value is -1.39. The molecule has 1 heterocycles. The first-order valence-corrected chi connectivity index (χ1v) is 8.43. The van der Waals surface area contributed by atoms with Gasteiger partial charge < -0.3 is 9.88 Å². The van der Waals surface area contributed by atoms with Gasteiger partial charge in [0.15, 0.2) is 0 Å². The minimum Gasteiger partial charge on any atom is -0.354 e. The van der Waals surface area contributed by atoms with Crippen LogP contribution in [-0.4, -0.2) is 27.2 Å². The summed E-state index contributed by atoms with van der Waals surface area (Å²) < 4.78 is 2.09. The van der Waals surface area contributed by atoms with Gasteiger partial charge in [-0.25, -0.2) is 0 Å². The Morgan fingerprint density at radius 2 is 2.05 bits per heavy atom. The van der Waals surface area contributed by atoms with Gasteiger partial charge in [-0.05, 0) is 44.4 Å². The molecule has 1 amide bonds. The number of carbonyl (C=O) groups is 1. The lowest BCUT2D eigenvalue weighted by molar-refractivity contribution is -0.126. The summed E-state index contributed by atoms with van der Waals surface area (Å²) in [6.45, 7) is 3.72. The van der Waals surface area contributed by atoms with E-state index in [0.29, 0.717) is 12.5 Å². The molecule has 5 heteroatoms. The van der Waals surface area contributed by atoms with Crippen molar-refractivity contribution in [3.05, 3.63) is 12.2 Å². The van der Waals surface area contributed by atoms with Crippen LogP contribution in [0.4, 0.5) is 0 Å². The largest absolute Gasteiger partial charge is 0.354 e. The average Bonchev–Trinajstić information content (AvgIpc) is 3.26. The van der Waals surface area contributed by atoms with Gasteiger partial charge >= 0.3 is 0 Å². The Bertz CT molecular complexity index is 472. The smallest absolute Gasteiger partial charge is 0.223 e. The zero-order chi connectivity index (χ0) is 14.7. The van der Waals surface area contributed by atoms with E-state index in [0.717, 1.165) is 31.1 Å². The highest BCUT2D eigenvalue weighted by atomic mass is 16.1. The highest BCUT2D eigenvalue weighted by Gasteiger charge is 2.29. The fourth-order valence-corrected chi connectivity index (χ4v) is 3.37. The fraction of sp³-hybridized carbons (Fsp3) is 0.812. The van der Waals surface area contributed by atoms with Crippen molar-refractivity contribution >= 4 is 5.91 Å². The van der Waals surface area contributed by atoms with Crippen molar-refractivity contribution in [3.8, 4) is 0 Å². The molecule has 1 N–H and O–H groups in total. The van der Waals surface area contributed by atoms with Crippen molar-refractivity contribution in [2.24, 2.45) is 11.8 Å². The molecular weight excluding hydrogens is 264 g/mol. The maximum Gasteiger partial charge on any atom is 0.223 e. The Morgan fingerprint density at radius 1 is 1.29 bits per heavy atom. The van der Waals surface area contributed by atoms with E-state index in [1.165, 1.54) is 32.1 Å². The van der Waals surface area contributed by atoms with Gasteiger partial charge in [-0.2, -0.15) is 0 Å². The van der Waals surface area contributed by atoms with Gasteiger partial charge in [-0.3, -0.25) is 4.79 Å². The Kier molecular flexibility index (Phi) is 4.56. The van der Waals surface area contributed by atoms with Gasteiger partial charge in [0.1, 0.15) is 12.2 Å². The third-order valence-electron chi connectivity index (χ3n) is 5.03. The summed E-state index contributed by atoms with van der Waals surface area (Å²) in [4.78, 5) is 12.2. The van der Waals surface area contributed by atoms with Crippen LogP contribution in [0.1, 0.15) is 63.6 Å². The quantitative estimate of drug-likeness (QED) is 0.875. The number of nitrogens with one attached hydrogen (secondary N) is 1. The molecule has 116 valence electrons. The maximum absolute atomic E-state index is 12.2. The van der Waals surface area contributed by atoms with E-state index in [-0.39, 0.29) is 11.8 Å². The van der Waals surface area contributed by atoms with Crippen LogP contribution in [0.2, 0.25) is 0 Å². The molecule has 0 unspecified atom stereocenters. The van der Waals surface area contributed by atoms with E-state index < -0.39 is 0 Å². The second-order valence-electron chi connectivity index (χ2n) is 6.57. The van der Waals surface area contributed by atoms with Crippen LogP contribution in [0.15, 0.2) is 6.33 Å². The second-order valence-corrected chi connectivity index (χ2v) is 6.57. The number of carbonyl (C=O) groups excluding carboxylic acids is 1. The third kappa shape index (κ3) is 3.63. The third-order valence-corrected chi connectivity index (χ3v) is 5.03. The van der Waals surface area contributed by atoms with Crippen LogP contribution in [0.3, 0.4) is 0 Å². The number of hydrogen-bond donors (Lipinski definition) is 1. The number of hydrogen-bond acceptors (Lipinski definition) is 3. The molecule has 0 saturated heterocycles. The van der Waals surface area contributed by atoms with Gasteiger partial charge in [0.25, 0.3) is 0 Å². The lowest BCUT2D eigenvalue weighted by Gasteiger charge is -2.26. The maximum atomic E-state index is 12.2. The van der Waals surface area contributed by atoms with Crippen molar-refractivity contribution < 1.29 is 4.79 Å². The lowest BCUT2D eigenvalue weighted by atomic mass is 9.80. The molecular formula is C16H26N4O. The van der Waals surface area contributed by atoms with Crippen LogP contribution >= 0.6 is 0 Å². The molecule has 21 heavy (non-hydrogen) atoms. The molecule has 3 rings (SSSR count). The summed E-state index contributed by atoms with van der Waals surface area (Å²) in [7, 11) is 0. The second kappa shape index (κ2) is 6.58. The molecule has 1 aromatic rings. The predicted octanol–water partition coefficient (Wildman–Crippen LogP) is 2.49. The van der Waals surface area contributed by atoms with E-state index in [4.69, 9.17) is 0 Å². The molecule has 1 aromatic heterocycles. The van der Waals surface area contributed by atoms with Gasteiger partial charge in [-0.15, -0.1) is 10.2 Å². The van der Waals surface area contributed by atoms with Crippen LogP contribution in [0.25, 0.3) is 0 Å². The predicted molar refractivity (Wildman–Crippen MR) is 80.7 cm³/mol. The van der Waals surface area contributed by atoms with E-state index in [1.54, 1.807) is 6.33 Å². The summed E-state index contributed by atoms with van der Waals surface area (Å²) in [6, 6.07) is 0. The molecule has 5 nitrogen and oxygen atoms in total. The molecule has 0 spiro atoms. The normalized spacial score (nSPS) is 25.8. The molecule has 0 aliphatic heterocycles. The SMILES string of the molecule is CCC1CCC(C(=O)NCCn2cnnc2C2CC2)CC1. The zero-order valence-electron chi connectivity index (χ0n) is 12.9. The molecule has 2 aliphatic carbocycles.